The average Bonchev–Trinajstić information content (AvgIpc) is 2.78. The van der Waals surface area contributed by atoms with Gasteiger partial charge in [0, 0.05) is 13.0 Å². The van der Waals surface area contributed by atoms with Crippen molar-refractivity contribution in [3.63, 3.8) is 0 Å². The van der Waals surface area contributed by atoms with Gasteiger partial charge in [-0.1, -0.05) is 54.6 Å². The van der Waals surface area contributed by atoms with Gasteiger partial charge in [-0.15, -0.1) is 0 Å². The molecule has 0 spiro atoms. The predicted molar refractivity (Wildman–Crippen MR) is 77.3 cm³/mol. The van der Waals surface area contributed by atoms with Crippen LogP contribution >= 0.6 is 0 Å². The lowest BCUT2D eigenvalue weighted by Gasteiger charge is -2.40. The summed E-state index contributed by atoms with van der Waals surface area (Å²) in [5, 5.41) is 2.48. The van der Waals surface area contributed by atoms with Crippen LogP contribution in [0.2, 0.25) is 0 Å². The molecule has 1 fully saturated rings. The van der Waals surface area contributed by atoms with E-state index in [2.05, 4.69) is 5.32 Å². The van der Waals surface area contributed by atoms with Crippen molar-refractivity contribution in [3.05, 3.63) is 71.3 Å². The molecule has 0 bridgehead atoms. The molecule has 0 aliphatic carbocycles. The SMILES string of the molecule is O=C1NC(=O)C2(c3ccccc3)Cc3ccccc3CN12. The molecule has 0 aromatic heterocycles. The van der Waals surface area contributed by atoms with Crippen LogP contribution in [0.25, 0.3) is 0 Å². The highest BCUT2D eigenvalue weighted by Gasteiger charge is 2.55. The maximum Gasteiger partial charge on any atom is 0.325 e. The van der Waals surface area contributed by atoms with Crippen molar-refractivity contribution >= 4 is 11.9 Å². The molecule has 4 heteroatoms. The Morgan fingerprint density at radius 1 is 0.905 bits per heavy atom. The molecule has 3 amide bonds. The zero-order valence-corrected chi connectivity index (χ0v) is 11.4. The van der Waals surface area contributed by atoms with E-state index in [1.807, 2.05) is 54.6 Å². The Morgan fingerprint density at radius 2 is 1.57 bits per heavy atom. The molecule has 4 rings (SSSR count). The van der Waals surface area contributed by atoms with Crippen LogP contribution in [0.4, 0.5) is 4.79 Å². The van der Waals surface area contributed by atoms with E-state index < -0.39 is 5.54 Å². The summed E-state index contributed by atoms with van der Waals surface area (Å²) >= 11 is 0. The summed E-state index contributed by atoms with van der Waals surface area (Å²) in [6.07, 6.45) is 0.519. The second-order valence-electron chi connectivity index (χ2n) is 5.52. The second kappa shape index (κ2) is 4.19. The van der Waals surface area contributed by atoms with Crippen LogP contribution in [0.15, 0.2) is 54.6 Å². The van der Waals surface area contributed by atoms with Gasteiger partial charge >= 0.3 is 6.03 Å². The fourth-order valence-electron chi connectivity index (χ4n) is 3.38. The van der Waals surface area contributed by atoms with Crippen molar-refractivity contribution in [2.45, 2.75) is 18.5 Å². The number of nitrogens with one attached hydrogen (secondary N) is 1. The van der Waals surface area contributed by atoms with E-state index in [0.29, 0.717) is 13.0 Å². The van der Waals surface area contributed by atoms with E-state index in [1.54, 1.807) is 4.90 Å². The van der Waals surface area contributed by atoms with Gasteiger partial charge in [-0.3, -0.25) is 10.1 Å². The highest BCUT2D eigenvalue weighted by atomic mass is 16.2. The summed E-state index contributed by atoms with van der Waals surface area (Å²) < 4.78 is 0. The zero-order valence-electron chi connectivity index (χ0n) is 11.4. The first-order valence-corrected chi connectivity index (χ1v) is 6.97. The molecule has 0 saturated carbocycles. The smallest absolute Gasteiger partial charge is 0.301 e. The third kappa shape index (κ3) is 1.56. The monoisotopic (exact) mass is 278 g/mol. The number of nitrogens with zero attached hydrogens (tertiary/aromatic N) is 1. The predicted octanol–water partition coefficient (Wildman–Crippen LogP) is 2.19. The van der Waals surface area contributed by atoms with E-state index in [0.717, 1.165) is 16.7 Å². The number of hydrogen-bond acceptors (Lipinski definition) is 2. The van der Waals surface area contributed by atoms with E-state index >= 15 is 0 Å². The molecule has 4 nitrogen and oxygen atoms in total. The molecule has 0 radical (unpaired) electrons. The number of carbonyl (C=O) groups is 2. The molecule has 1 N–H and O–H groups in total. The van der Waals surface area contributed by atoms with Gasteiger partial charge in [-0.05, 0) is 16.7 Å². The molecule has 2 aromatic carbocycles. The fourth-order valence-corrected chi connectivity index (χ4v) is 3.38. The summed E-state index contributed by atoms with van der Waals surface area (Å²) in [5.74, 6) is -0.229. The van der Waals surface area contributed by atoms with E-state index in [-0.39, 0.29) is 11.9 Å². The maximum absolute atomic E-state index is 12.6. The topological polar surface area (TPSA) is 49.4 Å². The van der Waals surface area contributed by atoms with Gasteiger partial charge < -0.3 is 4.90 Å². The van der Waals surface area contributed by atoms with Gasteiger partial charge in [-0.2, -0.15) is 0 Å². The van der Waals surface area contributed by atoms with Crippen LogP contribution in [-0.4, -0.2) is 16.8 Å². The minimum absolute atomic E-state index is 0.229. The van der Waals surface area contributed by atoms with Gasteiger partial charge in [0.2, 0.25) is 0 Å². The van der Waals surface area contributed by atoms with Crippen molar-refractivity contribution in [3.8, 4) is 0 Å². The maximum atomic E-state index is 12.6. The third-order valence-electron chi connectivity index (χ3n) is 4.45. The quantitative estimate of drug-likeness (QED) is 0.813. The molecule has 2 heterocycles. The minimum atomic E-state index is -0.910. The highest BCUT2D eigenvalue weighted by molar-refractivity contribution is 6.07. The number of benzene rings is 2. The molecule has 104 valence electrons. The summed E-state index contributed by atoms with van der Waals surface area (Å²) in [4.78, 5) is 26.4. The first-order valence-electron chi connectivity index (χ1n) is 6.97. The van der Waals surface area contributed by atoms with Gasteiger partial charge in [0.15, 0.2) is 5.54 Å². The standard InChI is InChI=1S/C17H14N2O2/c20-15-17(14-8-2-1-3-9-14)10-12-6-4-5-7-13(12)11-19(17)16(21)18-15/h1-9H,10-11H2,(H,18,20,21). The van der Waals surface area contributed by atoms with Crippen LogP contribution in [-0.2, 0) is 23.3 Å². The number of fused-ring (bicyclic) bond motifs is 2. The molecular formula is C17H14N2O2. The highest BCUT2D eigenvalue weighted by Crippen LogP contribution is 2.41. The Morgan fingerprint density at radius 3 is 2.33 bits per heavy atom. The number of imide groups is 1. The first kappa shape index (κ1) is 12.1. The summed E-state index contributed by atoms with van der Waals surface area (Å²) in [5.41, 5.74) is 2.19. The Hall–Kier alpha value is -2.62. The van der Waals surface area contributed by atoms with Gasteiger partial charge in [0.25, 0.3) is 5.91 Å². The van der Waals surface area contributed by atoms with E-state index in [9.17, 15) is 9.59 Å². The Labute approximate surface area is 122 Å². The van der Waals surface area contributed by atoms with Crippen LogP contribution < -0.4 is 5.32 Å². The summed E-state index contributed by atoms with van der Waals surface area (Å²) in [6, 6.07) is 17.2. The second-order valence-corrected chi connectivity index (χ2v) is 5.52. The van der Waals surface area contributed by atoms with Gasteiger partial charge in [0.1, 0.15) is 0 Å². The number of carbonyl (C=O) groups excluding carboxylic acids is 2. The number of urea groups is 1. The lowest BCUT2D eigenvalue weighted by Crippen LogP contribution is -2.51. The molecular weight excluding hydrogens is 264 g/mol. The minimum Gasteiger partial charge on any atom is -0.301 e. The molecule has 2 aliphatic rings. The van der Waals surface area contributed by atoms with Crippen molar-refractivity contribution in [1.82, 2.24) is 10.2 Å². The van der Waals surface area contributed by atoms with Crippen LogP contribution in [0, 0.1) is 0 Å². The molecule has 21 heavy (non-hydrogen) atoms. The number of hydrogen-bond donors (Lipinski definition) is 1. The number of amides is 3. The third-order valence-corrected chi connectivity index (χ3v) is 4.45. The molecule has 2 aliphatic heterocycles. The van der Waals surface area contributed by atoms with Crippen LogP contribution in [0.3, 0.4) is 0 Å². The fraction of sp³-hybridized carbons (Fsp3) is 0.176. The van der Waals surface area contributed by atoms with E-state index in [4.69, 9.17) is 0 Å². The summed E-state index contributed by atoms with van der Waals surface area (Å²) in [6.45, 7) is 0.461. The summed E-state index contributed by atoms with van der Waals surface area (Å²) in [7, 11) is 0. The van der Waals surface area contributed by atoms with Crippen LogP contribution in [0.1, 0.15) is 16.7 Å². The molecule has 1 unspecified atom stereocenters. The molecule has 1 saturated heterocycles. The normalized spacial score (nSPS) is 23.5. The number of rotatable bonds is 1. The van der Waals surface area contributed by atoms with Crippen molar-refractivity contribution in [2.24, 2.45) is 0 Å². The first-order chi connectivity index (χ1) is 10.2. The van der Waals surface area contributed by atoms with Crippen molar-refractivity contribution in [1.29, 1.82) is 0 Å². The molecule has 2 aromatic rings. The van der Waals surface area contributed by atoms with Crippen LogP contribution in [0.5, 0.6) is 0 Å². The van der Waals surface area contributed by atoms with Gasteiger partial charge in [-0.25, -0.2) is 4.79 Å². The average molecular weight is 278 g/mol. The van der Waals surface area contributed by atoms with E-state index in [1.165, 1.54) is 0 Å². The van der Waals surface area contributed by atoms with Crippen molar-refractivity contribution < 1.29 is 9.59 Å². The zero-order chi connectivity index (χ0) is 14.4. The lowest BCUT2D eigenvalue weighted by atomic mass is 9.78. The largest absolute Gasteiger partial charge is 0.325 e. The lowest BCUT2D eigenvalue weighted by molar-refractivity contribution is -0.127. The Balaban J connectivity index is 1.93. The molecule has 1 atom stereocenters. The van der Waals surface area contributed by atoms with Crippen molar-refractivity contribution in [2.75, 3.05) is 0 Å². The Kier molecular flexibility index (Phi) is 2.42. The van der Waals surface area contributed by atoms with Gasteiger partial charge in [0.05, 0.1) is 0 Å². The Bertz CT molecular complexity index is 741.